The van der Waals surface area contributed by atoms with Crippen LogP contribution in [0.15, 0.2) is 47.3 Å². The SMILES string of the molecule is Cc1nn(-c2nncc(-c3ccc(F)cc3)n2)c2c1[C@H](c1ccsc1)CC(=O)N2. The summed E-state index contributed by atoms with van der Waals surface area (Å²) in [5.41, 5.74) is 4.09. The molecule has 0 saturated carbocycles. The van der Waals surface area contributed by atoms with E-state index in [4.69, 9.17) is 0 Å². The second-order valence-corrected chi connectivity index (χ2v) is 7.55. The molecule has 1 aromatic carbocycles. The van der Waals surface area contributed by atoms with Crippen molar-refractivity contribution in [3.63, 3.8) is 0 Å². The summed E-state index contributed by atoms with van der Waals surface area (Å²) in [4.78, 5) is 16.9. The molecular weight excluding hydrogens is 391 g/mol. The molecule has 5 rings (SSSR count). The fraction of sp³-hybridized carbons (Fsp3) is 0.150. The van der Waals surface area contributed by atoms with E-state index < -0.39 is 0 Å². The average Bonchev–Trinajstić information content (AvgIpc) is 3.37. The van der Waals surface area contributed by atoms with Crippen molar-refractivity contribution >= 4 is 23.1 Å². The molecule has 0 bridgehead atoms. The second-order valence-electron chi connectivity index (χ2n) is 6.77. The van der Waals surface area contributed by atoms with E-state index in [1.165, 1.54) is 23.0 Å². The van der Waals surface area contributed by atoms with Gasteiger partial charge in [-0.15, -0.1) is 5.10 Å². The largest absolute Gasteiger partial charge is 0.310 e. The third kappa shape index (κ3) is 3.09. The van der Waals surface area contributed by atoms with Gasteiger partial charge >= 0.3 is 0 Å². The number of nitrogens with zero attached hydrogens (tertiary/aromatic N) is 5. The number of halogens is 1. The molecule has 0 radical (unpaired) electrons. The third-order valence-corrected chi connectivity index (χ3v) is 5.63. The fourth-order valence-corrected chi connectivity index (χ4v) is 4.31. The Hall–Kier alpha value is -3.46. The quantitative estimate of drug-likeness (QED) is 0.561. The molecule has 0 unspecified atom stereocenters. The number of hydrogen-bond acceptors (Lipinski definition) is 6. The number of amides is 1. The van der Waals surface area contributed by atoms with Crippen LogP contribution in [-0.4, -0.2) is 30.9 Å². The van der Waals surface area contributed by atoms with Crippen LogP contribution in [0.3, 0.4) is 0 Å². The van der Waals surface area contributed by atoms with E-state index in [1.807, 2.05) is 18.4 Å². The van der Waals surface area contributed by atoms with Gasteiger partial charge in [-0.3, -0.25) is 4.79 Å². The summed E-state index contributed by atoms with van der Waals surface area (Å²) in [5, 5.41) is 19.7. The van der Waals surface area contributed by atoms with Crippen molar-refractivity contribution in [2.75, 3.05) is 5.32 Å². The Morgan fingerprint density at radius 1 is 1.24 bits per heavy atom. The van der Waals surface area contributed by atoms with Crippen molar-refractivity contribution in [2.24, 2.45) is 0 Å². The van der Waals surface area contributed by atoms with Crippen LogP contribution in [0.2, 0.25) is 0 Å². The molecule has 3 aromatic heterocycles. The molecule has 1 atom stereocenters. The smallest absolute Gasteiger partial charge is 0.272 e. The molecule has 0 fully saturated rings. The number of aryl methyl sites for hydroxylation is 1. The Labute approximate surface area is 169 Å². The van der Waals surface area contributed by atoms with Gasteiger partial charge in [-0.2, -0.15) is 26.2 Å². The van der Waals surface area contributed by atoms with Gasteiger partial charge in [0.05, 0.1) is 17.6 Å². The lowest BCUT2D eigenvalue weighted by Crippen LogP contribution is -2.25. The van der Waals surface area contributed by atoms with Crippen LogP contribution in [0.4, 0.5) is 10.2 Å². The van der Waals surface area contributed by atoms with Gasteiger partial charge in [0.15, 0.2) is 0 Å². The molecular formula is C20H15FN6OS. The zero-order valence-corrected chi connectivity index (χ0v) is 16.2. The summed E-state index contributed by atoms with van der Waals surface area (Å²) in [5.74, 6) is 0.329. The Bertz CT molecular complexity index is 1200. The average molecular weight is 406 g/mol. The third-order valence-electron chi connectivity index (χ3n) is 4.93. The standard InChI is InChI=1S/C20H15FN6OS/c1-11-18-15(13-6-7-29-10-13)8-17(28)24-19(18)27(26-11)20-23-16(9-22-25-20)12-2-4-14(21)5-3-12/h2-7,9-10,15H,8H2,1H3,(H,24,28)/t15-/m0/s1. The van der Waals surface area contributed by atoms with Crippen LogP contribution in [0, 0.1) is 12.7 Å². The lowest BCUT2D eigenvalue weighted by Gasteiger charge is -2.23. The maximum Gasteiger partial charge on any atom is 0.272 e. The Morgan fingerprint density at radius 3 is 2.83 bits per heavy atom. The first-order chi connectivity index (χ1) is 14.1. The molecule has 4 heterocycles. The lowest BCUT2D eigenvalue weighted by atomic mass is 9.87. The number of anilines is 1. The van der Waals surface area contributed by atoms with Crippen molar-refractivity contribution < 1.29 is 9.18 Å². The summed E-state index contributed by atoms with van der Waals surface area (Å²) in [7, 11) is 0. The van der Waals surface area contributed by atoms with E-state index >= 15 is 0 Å². The van der Waals surface area contributed by atoms with E-state index in [-0.39, 0.29) is 23.6 Å². The van der Waals surface area contributed by atoms with Crippen LogP contribution in [-0.2, 0) is 4.79 Å². The highest BCUT2D eigenvalue weighted by Gasteiger charge is 2.33. The Morgan fingerprint density at radius 2 is 2.07 bits per heavy atom. The number of rotatable bonds is 3. The van der Waals surface area contributed by atoms with Crippen LogP contribution in [0.25, 0.3) is 17.2 Å². The molecule has 29 heavy (non-hydrogen) atoms. The maximum atomic E-state index is 13.2. The topological polar surface area (TPSA) is 85.6 Å². The number of aromatic nitrogens is 5. The van der Waals surface area contributed by atoms with Crippen LogP contribution >= 0.6 is 11.3 Å². The minimum Gasteiger partial charge on any atom is -0.310 e. The first kappa shape index (κ1) is 17.6. The number of thiophene rings is 1. The summed E-state index contributed by atoms with van der Waals surface area (Å²) in [6.45, 7) is 1.91. The molecule has 7 nitrogen and oxygen atoms in total. The lowest BCUT2D eigenvalue weighted by molar-refractivity contribution is -0.116. The zero-order valence-electron chi connectivity index (χ0n) is 15.3. The molecule has 1 amide bonds. The van der Waals surface area contributed by atoms with E-state index in [2.05, 4.69) is 31.0 Å². The monoisotopic (exact) mass is 406 g/mol. The number of carbonyl (C=O) groups excluding carboxylic acids is 1. The van der Waals surface area contributed by atoms with Gasteiger partial charge < -0.3 is 5.32 Å². The molecule has 4 aromatic rings. The van der Waals surface area contributed by atoms with Crippen molar-refractivity contribution in [3.8, 4) is 17.2 Å². The van der Waals surface area contributed by atoms with Gasteiger partial charge in [0, 0.05) is 23.5 Å². The Kier molecular flexibility index (Phi) is 4.17. The minimum absolute atomic E-state index is 0.0630. The predicted octanol–water partition coefficient (Wildman–Crippen LogP) is 3.71. The number of benzene rings is 1. The van der Waals surface area contributed by atoms with Gasteiger partial charge in [0.25, 0.3) is 5.95 Å². The first-order valence-corrected chi connectivity index (χ1v) is 9.92. The zero-order chi connectivity index (χ0) is 20.0. The van der Waals surface area contributed by atoms with E-state index in [9.17, 15) is 9.18 Å². The summed E-state index contributed by atoms with van der Waals surface area (Å²) in [6, 6.07) is 8.01. The normalized spacial score (nSPS) is 15.8. The van der Waals surface area contributed by atoms with Crippen molar-refractivity contribution in [2.45, 2.75) is 19.3 Å². The fourth-order valence-electron chi connectivity index (χ4n) is 3.59. The molecule has 0 saturated heterocycles. The number of fused-ring (bicyclic) bond motifs is 1. The molecule has 1 N–H and O–H groups in total. The summed E-state index contributed by atoms with van der Waals surface area (Å²) >= 11 is 1.60. The molecule has 0 spiro atoms. The molecule has 9 heteroatoms. The molecule has 144 valence electrons. The van der Waals surface area contributed by atoms with Gasteiger partial charge in [0.2, 0.25) is 5.91 Å². The number of hydrogen-bond donors (Lipinski definition) is 1. The Balaban J connectivity index is 1.62. The van der Waals surface area contributed by atoms with Crippen LogP contribution in [0.5, 0.6) is 0 Å². The highest BCUT2D eigenvalue weighted by atomic mass is 32.1. The first-order valence-electron chi connectivity index (χ1n) is 8.97. The summed E-state index contributed by atoms with van der Waals surface area (Å²) in [6.07, 6.45) is 1.87. The van der Waals surface area contributed by atoms with Gasteiger partial charge in [0.1, 0.15) is 11.6 Å². The highest BCUT2D eigenvalue weighted by Crippen LogP contribution is 2.40. The number of nitrogens with one attached hydrogen (secondary N) is 1. The van der Waals surface area contributed by atoms with Crippen molar-refractivity contribution in [1.82, 2.24) is 25.0 Å². The van der Waals surface area contributed by atoms with Gasteiger partial charge in [-0.05, 0) is 53.6 Å². The second kappa shape index (κ2) is 6.85. The molecule has 1 aliphatic rings. The van der Waals surface area contributed by atoms with E-state index in [0.717, 1.165) is 16.8 Å². The minimum atomic E-state index is -0.324. The molecule has 0 aliphatic carbocycles. The van der Waals surface area contributed by atoms with Crippen molar-refractivity contribution in [1.29, 1.82) is 0 Å². The van der Waals surface area contributed by atoms with Gasteiger partial charge in [-0.1, -0.05) is 0 Å². The van der Waals surface area contributed by atoms with Crippen molar-refractivity contribution in [3.05, 3.63) is 69.9 Å². The summed E-state index contributed by atoms with van der Waals surface area (Å²) < 4.78 is 14.7. The molecule has 1 aliphatic heterocycles. The predicted molar refractivity (Wildman–Crippen MR) is 106 cm³/mol. The van der Waals surface area contributed by atoms with Gasteiger partial charge in [-0.25, -0.2) is 9.37 Å². The highest BCUT2D eigenvalue weighted by molar-refractivity contribution is 7.08. The van der Waals surface area contributed by atoms with E-state index in [0.29, 0.717) is 23.5 Å². The van der Waals surface area contributed by atoms with Crippen LogP contribution < -0.4 is 5.32 Å². The van der Waals surface area contributed by atoms with Crippen LogP contribution in [0.1, 0.15) is 29.2 Å². The number of carbonyl (C=O) groups is 1. The maximum absolute atomic E-state index is 13.2. The van der Waals surface area contributed by atoms with E-state index in [1.54, 1.807) is 23.5 Å².